The number of para-hydroxylation sites is 4. The molecule has 0 amide bonds. The second-order valence-electron chi connectivity index (χ2n) is 16.9. The molecule has 9 aromatic carbocycles. The first-order valence-corrected chi connectivity index (χ1v) is 20.8. The summed E-state index contributed by atoms with van der Waals surface area (Å²) in [5, 5.41) is 7.36. The molecule has 0 saturated heterocycles. The van der Waals surface area contributed by atoms with Crippen molar-refractivity contribution in [2.24, 2.45) is 0 Å². The van der Waals surface area contributed by atoms with Crippen LogP contribution in [0.1, 0.15) is 25.0 Å². The molecule has 1 aliphatic carbocycles. The zero-order chi connectivity index (χ0) is 39.7. The van der Waals surface area contributed by atoms with Crippen LogP contribution in [-0.4, -0.2) is 4.40 Å². The highest BCUT2D eigenvalue weighted by Crippen LogP contribution is 2.52. The molecule has 0 N–H and O–H groups in total. The van der Waals surface area contributed by atoms with Crippen molar-refractivity contribution in [2.45, 2.75) is 19.3 Å². The maximum atomic E-state index is 6.17. The highest BCUT2D eigenvalue weighted by molar-refractivity contribution is 6.25. The minimum atomic E-state index is -0.102. The van der Waals surface area contributed by atoms with E-state index in [0.29, 0.717) is 0 Å². The van der Waals surface area contributed by atoms with E-state index in [0.717, 1.165) is 50.1 Å². The minimum absolute atomic E-state index is 0.102. The summed E-state index contributed by atoms with van der Waals surface area (Å²) in [6.07, 6.45) is 0. The normalized spacial score (nSPS) is 13.3. The predicted molar refractivity (Wildman–Crippen MR) is 251 cm³/mol. The molecule has 0 spiro atoms. The SMILES string of the molecule is CC1(C)c2ccccc2-c2cccc(-c3ccc(N(c4ccc(-c5ccc6oc7ccccc7c6c5)cc4)c4cccc5c6cccc7c8ccccc8n(c45)c76)cc3)c21. The highest BCUT2D eigenvalue weighted by Gasteiger charge is 2.37. The molecule has 1 aliphatic rings. The van der Waals surface area contributed by atoms with E-state index >= 15 is 0 Å². The third-order valence-corrected chi connectivity index (χ3v) is 13.3. The summed E-state index contributed by atoms with van der Waals surface area (Å²) in [4.78, 5) is 2.45. The first-order valence-electron chi connectivity index (χ1n) is 20.8. The molecule has 60 heavy (non-hydrogen) atoms. The lowest BCUT2D eigenvalue weighted by molar-refractivity contribution is 0.662. The van der Waals surface area contributed by atoms with Crippen LogP contribution in [0.2, 0.25) is 0 Å². The monoisotopic (exact) mass is 766 g/mol. The molecular formula is C57H38N2O. The van der Waals surface area contributed by atoms with Gasteiger partial charge in [-0.05, 0) is 99.1 Å². The van der Waals surface area contributed by atoms with Gasteiger partial charge in [-0.3, -0.25) is 0 Å². The van der Waals surface area contributed by atoms with E-state index < -0.39 is 0 Å². The van der Waals surface area contributed by atoms with Crippen LogP contribution < -0.4 is 4.90 Å². The summed E-state index contributed by atoms with van der Waals surface area (Å²) < 4.78 is 8.67. The fourth-order valence-electron chi connectivity index (χ4n) is 10.6. The van der Waals surface area contributed by atoms with E-state index in [1.54, 1.807) is 0 Å². The molecule has 3 heterocycles. The number of fused-ring (bicyclic) bond motifs is 12. The largest absolute Gasteiger partial charge is 0.456 e. The van der Waals surface area contributed by atoms with Gasteiger partial charge >= 0.3 is 0 Å². The van der Waals surface area contributed by atoms with Crippen LogP contribution in [0.15, 0.2) is 199 Å². The van der Waals surface area contributed by atoms with Crippen LogP contribution in [-0.2, 0) is 5.41 Å². The van der Waals surface area contributed by atoms with Gasteiger partial charge in [-0.25, -0.2) is 0 Å². The van der Waals surface area contributed by atoms with Gasteiger partial charge in [0.05, 0.1) is 22.2 Å². The van der Waals surface area contributed by atoms with Gasteiger partial charge in [0.2, 0.25) is 0 Å². The Bertz CT molecular complexity index is 3680. The van der Waals surface area contributed by atoms with Crippen molar-refractivity contribution < 1.29 is 4.42 Å². The maximum absolute atomic E-state index is 6.17. The third-order valence-electron chi connectivity index (χ3n) is 13.3. The summed E-state index contributed by atoms with van der Waals surface area (Å²) >= 11 is 0. The average molecular weight is 767 g/mol. The van der Waals surface area contributed by atoms with Crippen molar-refractivity contribution in [3.63, 3.8) is 0 Å². The summed E-state index contributed by atoms with van der Waals surface area (Å²) in [6.45, 7) is 4.73. The Morgan fingerprint density at radius 1 is 0.417 bits per heavy atom. The van der Waals surface area contributed by atoms with Gasteiger partial charge in [-0.2, -0.15) is 0 Å². The van der Waals surface area contributed by atoms with Gasteiger partial charge in [0.15, 0.2) is 0 Å². The summed E-state index contributed by atoms with van der Waals surface area (Å²) in [6, 6.07) is 71.2. The van der Waals surface area contributed by atoms with Crippen molar-refractivity contribution >= 4 is 77.1 Å². The molecule has 0 bridgehead atoms. The van der Waals surface area contributed by atoms with Gasteiger partial charge < -0.3 is 13.7 Å². The summed E-state index contributed by atoms with van der Waals surface area (Å²) in [7, 11) is 0. The molecule has 0 saturated carbocycles. The van der Waals surface area contributed by atoms with Gasteiger partial charge in [-0.15, -0.1) is 0 Å². The molecule has 0 unspecified atom stereocenters. The van der Waals surface area contributed by atoms with Crippen molar-refractivity contribution in [3.05, 3.63) is 205 Å². The standard InChI is InChI=1S/C57H38N2O/c1-57(2)49-20-6-3-12-41(49)44-16-9-15-40(54(44)57)36-26-31-39(32-27-36)58(38-29-24-35(25-30-38)37-28-33-53-48(34-37)43-14-5-8-23-52(43)60-53)51-22-11-19-47-46-18-10-17-45-42-13-4-7-21-50(42)59(55(45)46)56(47)51/h3-34H,1-2H3. The van der Waals surface area contributed by atoms with Crippen molar-refractivity contribution in [2.75, 3.05) is 4.90 Å². The van der Waals surface area contributed by atoms with E-state index in [1.807, 2.05) is 12.1 Å². The topological polar surface area (TPSA) is 20.8 Å². The fraction of sp³-hybridized carbons (Fsp3) is 0.0526. The maximum Gasteiger partial charge on any atom is 0.135 e. The molecule has 0 fully saturated rings. The Balaban J connectivity index is 0.997. The fourth-order valence-corrected chi connectivity index (χ4v) is 10.6. The van der Waals surface area contributed by atoms with Crippen molar-refractivity contribution in [3.8, 4) is 33.4 Å². The van der Waals surface area contributed by atoms with Gasteiger partial charge in [0.25, 0.3) is 0 Å². The van der Waals surface area contributed by atoms with Crippen LogP contribution in [0.3, 0.4) is 0 Å². The zero-order valence-corrected chi connectivity index (χ0v) is 33.3. The molecule has 0 radical (unpaired) electrons. The van der Waals surface area contributed by atoms with Gasteiger partial charge in [0, 0.05) is 49.1 Å². The number of furan rings is 1. The second kappa shape index (κ2) is 12.2. The first kappa shape index (κ1) is 33.4. The molecule has 13 rings (SSSR count). The number of hydrogen-bond donors (Lipinski definition) is 0. The van der Waals surface area contributed by atoms with Crippen LogP contribution in [0.4, 0.5) is 17.1 Å². The summed E-state index contributed by atoms with van der Waals surface area (Å²) in [5.74, 6) is 0. The van der Waals surface area contributed by atoms with Gasteiger partial charge in [0.1, 0.15) is 11.2 Å². The van der Waals surface area contributed by atoms with E-state index in [1.165, 1.54) is 71.5 Å². The molecule has 12 aromatic rings. The summed E-state index contributed by atoms with van der Waals surface area (Å²) in [5.41, 5.74) is 19.0. The molecule has 0 atom stereocenters. The number of anilines is 3. The minimum Gasteiger partial charge on any atom is -0.456 e. The number of hydrogen-bond acceptors (Lipinski definition) is 2. The van der Waals surface area contributed by atoms with Crippen LogP contribution in [0.5, 0.6) is 0 Å². The zero-order valence-electron chi connectivity index (χ0n) is 33.3. The van der Waals surface area contributed by atoms with Crippen LogP contribution in [0.25, 0.3) is 93.4 Å². The Morgan fingerprint density at radius 2 is 0.983 bits per heavy atom. The predicted octanol–water partition coefficient (Wildman–Crippen LogP) is 15.8. The van der Waals surface area contributed by atoms with E-state index in [2.05, 4.69) is 205 Å². The van der Waals surface area contributed by atoms with Crippen LogP contribution in [0, 0.1) is 0 Å². The molecule has 3 aromatic heterocycles. The van der Waals surface area contributed by atoms with E-state index in [9.17, 15) is 0 Å². The molecule has 0 aliphatic heterocycles. The Labute approximate surface area is 347 Å². The molecular weight excluding hydrogens is 729 g/mol. The number of aromatic nitrogens is 1. The number of benzene rings is 9. The lowest BCUT2D eigenvalue weighted by atomic mass is 9.79. The van der Waals surface area contributed by atoms with Crippen LogP contribution >= 0.6 is 0 Å². The second-order valence-corrected chi connectivity index (χ2v) is 16.9. The molecule has 3 heteroatoms. The van der Waals surface area contributed by atoms with Crippen molar-refractivity contribution in [1.29, 1.82) is 0 Å². The molecule has 3 nitrogen and oxygen atoms in total. The number of nitrogens with zero attached hydrogens (tertiary/aromatic N) is 2. The quantitative estimate of drug-likeness (QED) is 0.174. The molecule has 282 valence electrons. The van der Waals surface area contributed by atoms with Crippen molar-refractivity contribution in [1.82, 2.24) is 4.40 Å². The Morgan fingerprint density at radius 3 is 1.80 bits per heavy atom. The third kappa shape index (κ3) is 4.55. The van der Waals surface area contributed by atoms with E-state index in [4.69, 9.17) is 4.42 Å². The smallest absolute Gasteiger partial charge is 0.135 e. The Kier molecular flexibility index (Phi) is 6.78. The number of rotatable bonds is 5. The van der Waals surface area contributed by atoms with Gasteiger partial charge in [-0.1, -0.05) is 153 Å². The lowest BCUT2D eigenvalue weighted by Gasteiger charge is -2.27. The Hall–Kier alpha value is -7.62. The van der Waals surface area contributed by atoms with E-state index in [-0.39, 0.29) is 5.41 Å². The average Bonchev–Trinajstić information content (AvgIpc) is 4.02. The lowest BCUT2D eigenvalue weighted by Crippen LogP contribution is -2.16. The highest BCUT2D eigenvalue weighted by atomic mass is 16.3. The first-order chi connectivity index (χ1) is 29.5.